The number of rotatable bonds is 12. The van der Waals surface area contributed by atoms with Gasteiger partial charge in [-0.25, -0.2) is 4.98 Å². The van der Waals surface area contributed by atoms with Gasteiger partial charge in [0.05, 0.1) is 17.9 Å². The molecule has 1 fully saturated rings. The van der Waals surface area contributed by atoms with Crippen molar-refractivity contribution in [2.75, 3.05) is 6.54 Å². The van der Waals surface area contributed by atoms with Crippen molar-refractivity contribution in [3.05, 3.63) is 155 Å². The van der Waals surface area contributed by atoms with Gasteiger partial charge in [0.15, 0.2) is 0 Å². The molecule has 6 rings (SSSR count). The number of benzene rings is 4. The number of Topliss-reactive ketones (excluding diaryl/α,β-unsaturated/α-hetero) is 1. The second-order valence-corrected chi connectivity index (χ2v) is 11.2. The van der Waals surface area contributed by atoms with Gasteiger partial charge in [-0.3, -0.25) is 9.59 Å². The molecule has 1 aliphatic rings. The highest BCUT2D eigenvalue weighted by molar-refractivity contribution is 6.46. The number of aryl methyl sites for hydroxylation is 2. The molecule has 1 N–H and O–H groups in total. The summed E-state index contributed by atoms with van der Waals surface area (Å²) in [5.74, 6) is -0.294. The molecule has 1 aliphatic heterocycles. The van der Waals surface area contributed by atoms with Crippen LogP contribution < -0.4 is 9.47 Å². The summed E-state index contributed by atoms with van der Waals surface area (Å²) in [4.78, 5) is 32.6. The number of hydrogen-bond acceptors (Lipinski definition) is 6. The number of amides is 1. The van der Waals surface area contributed by atoms with Crippen molar-refractivity contribution in [1.29, 1.82) is 0 Å². The molecule has 0 bridgehead atoms. The number of aliphatic hydroxyl groups excluding tert-OH is 1. The molecule has 4 aromatic carbocycles. The number of carbonyl (C=O) groups excluding carboxylic acids is 2. The highest BCUT2D eigenvalue weighted by atomic mass is 16.5. The van der Waals surface area contributed by atoms with E-state index in [0.717, 1.165) is 16.7 Å². The van der Waals surface area contributed by atoms with Gasteiger partial charge in [-0.1, -0.05) is 66.7 Å². The van der Waals surface area contributed by atoms with Crippen LogP contribution in [0, 0.1) is 6.92 Å². The first-order valence-corrected chi connectivity index (χ1v) is 15.3. The van der Waals surface area contributed by atoms with Crippen molar-refractivity contribution in [1.82, 2.24) is 14.5 Å². The topological polar surface area (TPSA) is 93.9 Å². The van der Waals surface area contributed by atoms with Crippen molar-refractivity contribution in [2.24, 2.45) is 0 Å². The Morgan fingerprint density at radius 1 is 0.804 bits per heavy atom. The summed E-state index contributed by atoms with van der Waals surface area (Å²) in [6.45, 7) is 3.81. The normalized spacial score (nSPS) is 15.7. The van der Waals surface area contributed by atoms with Gasteiger partial charge in [0.1, 0.15) is 30.5 Å². The Labute approximate surface area is 268 Å². The molecule has 1 amide bonds. The Bertz CT molecular complexity index is 1810. The standard InChI is InChI=1S/C38H35N3O5/c1-27-8-5-6-11-31(27)25-46-33-18-14-30(15-19-33)36(42)34-35(41(38(44)37(34)43)22-7-21-40-23-20-39-26-40)29-12-16-32(17-13-29)45-24-28-9-3-2-4-10-28/h2-6,8-20,23,26,35,42H,7,21-22,24-25H2,1H3. The molecule has 1 saturated heterocycles. The predicted octanol–water partition coefficient (Wildman–Crippen LogP) is 6.86. The predicted molar refractivity (Wildman–Crippen MR) is 175 cm³/mol. The number of aromatic nitrogens is 2. The van der Waals surface area contributed by atoms with E-state index in [4.69, 9.17) is 9.47 Å². The highest BCUT2D eigenvalue weighted by Gasteiger charge is 2.45. The maximum atomic E-state index is 13.5. The molecular formula is C38H35N3O5. The Morgan fingerprint density at radius 3 is 2.17 bits per heavy atom. The van der Waals surface area contributed by atoms with E-state index in [9.17, 15) is 14.7 Å². The lowest BCUT2D eigenvalue weighted by Gasteiger charge is -2.25. The average Bonchev–Trinajstić information content (AvgIpc) is 3.70. The second-order valence-electron chi connectivity index (χ2n) is 11.2. The Kier molecular flexibility index (Phi) is 9.24. The summed E-state index contributed by atoms with van der Waals surface area (Å²) in [7, 11) is 0. The summed E-state index contributed by atoms with van der Waals surface area (Å²) in [5.41, 5.74) is 4.45. The zero-order valence-corrected chi connectivity index (χ0v) is 25.6. The summed E-state index contributed by atoms with van der Waals surface area (Å²) < 4.78 is 13.9. The molecule has 0 spiro atoms. The Hall–Kier alpha value is -5.63. The van der Waals surface area contributed by atoms with Crippen LogP contribution in [0.4, 0.5) is 0 Å². The number of nitrogens with zero attached hydrogens (tertiary/aromatic N) is 3. The number of ether oxygens (including phenoxy) is 2. The number of likely N-dealkylation sites (tertiary alicyclic amines) is 1. The van der Waals surface area contributed by atoms with E-state index in [0.29, 0.717) is 55.4 Å². The van der Waals surface area contributed by atoms with E-state index in [1.54, 1.807) is 41.7 Å². The van der Waals surface area contributed by atoms with Gasteiger partial charge in [-0.05, 0) is 72.0 Å². The SMILES string of the molecule is Cc1ccccc1COc1ccc(C(O)=C2C(=O)C(=O)N(CCCn3ccnc3)C2c2ccc(OCc3ccccc3)cc2)cc1. The first kappa shape index (κ1) is 30.4. The number of aliphatic hydroxyl groups is 1. The molecule has 2 heterocycles. The third-order valence-electron chi connectivity index (χ3n) is 8.14. The Balaban J connectivity index is 1.25. The Morgan fingerprint density at radius 2 is 1.48 bits per heavy atom. The van der Waals surface area contributed by atoms with E-state index in [1.165, 1.54) is 0 Å². The van der Waals surface area contributed by atoms with Gasteiger partial charge in [-0.2, -0.15) is 0 Å². The fourth-order valence-electron chi connectivity index (χ4n) is 5.58. The summed E-state index contributed by atoms with van der Waals surface area (Å²) in [6, 6.07) is 31.4. The van der Waals surface area contributed by atoms with Crippen LogP contribution in [0.2, 0.25) is 0 Å². The number of hydrogen-bond donors (Lipinski definition) is 1. The van der Waals surface area contributed by atoms with Crippen molar-refractivity contribution >= 4 is 17.4 Å². The largest absolute Gasteiger partial charge is 0.507 e. The average molecular weight is 614 g/mol. The smallest absolute Gasteiger partial charge is 0.295 e. The molecule has 232 valence electrons. The van der Waals surface area contributed by atoms with Crippen LogP contribution in [0.3, 0.4) is 0 Å². The van der Waals surface area contributed by atoms with E-state index < -0.39 is 17.7 Å². The van der Waals surface area contributed by atoms with Crippen LogP contribution in [0.1, 0.15) is 40.3 Å². The van der Waals surface area contributed by atoms with E-state index >= 15 is 0 Å². The van der Waals surface area contributed by atoms with Crippen molar-refractivity contribution < 1.29 is 24.2 Å². The lowest BCUT2D eigenvalue weighted by Crippen LogP contribution is -2.31. The van der Waals surface area contributed by atoms with Crippen LogP contribution in [-0.4, -0.2) is 37.8 Å². The number of imidazole rings is 1. The van der Waals surface area contributed by atoms with Crippen molar-refractivity contribution in [3.8, 4) is 11.5 Å². The fraction of sp³-hybridized carbons (Fsp3) is 0.184. The van der Waals surface area contributed by atoms with Crippen molar-refractivity contribution in [3.63, 3.8) is 0 Å². The lowest BCUT2D eigenvalue weighted by molar-refractivity contribution is -0.139. The van der Waals surface area contributed by atoms with Crippen molar-refractivity contribution in [2.45, 2.75) is 39.1 Å². The quantitative estimate of drug-likeness (QED) is 0.0939. The van der Waals surface area contributed by atoms with Gasteiger partial charge in [0, 0.05) is 31.0 Å². The third-order valence-corrected chi connectivity index (χ3v) is 8.14. The van der Waals surface area contributed by atoms with Crippen LogP contribution in [-0.2, 0) is 29.3 Å². The molecule has 5 aromatic rings. The zero-order valence-electron chi connectivity index (χ0n) is 25.6. The molecule has 1 aromatic heterocycles. The summed E-state index contributed by atoms with van der Waals surface area (Å²) in [5, 5.41) is 11.5. The molecule has 0 aliphatic carbocycles. The maximum absolute atomic E-state index is 13.5. The van der Waals surface area contributed by atoms with Gasteiger partial charge < -0.3 is 24.0 Å². The molecule has 1 atom stereocenters. The fourth-order valence-corrected chi connectivity index (χ4v) is 5.58. The second kappa shape index (κ2) is 14.0. The molecule has 0 saturated carbocycles. The monoisotopic (exact) mass is 613 g/mol. The lowest BCUT2D eigenvalue weighted by atomic mass is 9.95. The van der Waals surface area contributed by atoms with Crippen LogP contribution >= 0.6 is 0 Å². The van der Waals surface area contributed by atoms with Gasteiger partial charge >= 0.3 is 0 Å². The molecule has 1 unspecified atom stereocenters. The minimum absolute atomic E-state index is 0.0548. The zero-order chi connectivity index (χ0) is 31.9. The van der Waals surface area contributed by atoms with Gasteiger partial charge in [0.2, 0.25) is 0 Å². The summed E-state index contributed by atoms with van der Waals surface area (Å²) >= 11 is 0. The first-order valence-electron chi connectivity index (χ1n) is 15.3. The first-order chi connectivity index (χ1) is 22.5. The van der Waals surface area contributed by atoms with E-state index in [-0.39, 0.29) is 11.3 Å². The van der Waals surface area contributed by atoms with Crippen LogP contribution in [0.15, 0.2) is 127 Å². The van der Waals surface area contributed by atoms with Gasteiger partial charge in [0.25, 0.3) is 11.7 Å². The molecular weight excluding hydrogens is 578 g/mol. The number of ketones is 1. The maximum Gasteiger partial charge on any atom is 0.295 e. The third kappa shape index (κ3) is 6.86. The van der Waals surface area contributed by atoms with E-state index in [2.05, 4.69) is 4.98 Å². The molecule has 0 radical (unpaired) electrons. The number of carbonyl (C=O) groups is 2. The van der Waals surface area contributed by atoms with Gasteiger partial charge in [-0.15, -0.1) is 0 Å². The molecule has 46 heavy (non-hydrogen) atoms. The van der Waals surface area contributed by atoms with Crippen LogP contribution in [0.25, 0.3) is 5.76 Å². The minimum Gasteiger partial charge on any atom is -0.507 e. The van der Waals surface area contributed by atoms with E-state index in [1.807, 2.05) is 96.6 Å². The summed E-state index contributed by atoms with van der Waals surface area (Å²) in [6.07, 6.45) is 5.88. The highest BCUT2D eigenvalue weighted by Crippen LogP contribution is 2.40. The molecule has 8 heteroatoms. The van der Waals surface area contributed by atoms with Crippen LogP contribution in [0.5, 0.6) is 11.5 Å². The molecule has 8 nitrogen and oxygen atoms in total. The minimum atomic E-state index is -0.761.